The lowest BCUT2D eigenvalue weighted by Gasteiger charge is -2.39. The third-order valence-corrected chi connectivity index (χ3v) is 7.46. The first kappa shape index (κ1) is 30.2. The van der Waals surface area contributed by atoms with Gasteiger partial charge in [-0.15, -0.1) is 0 Å². The van der Waals surface area contributed by atoms with E-state index in [0.29, 0.717) is 18.8 Å². The topological polar surface area (TPSA) is 117 Å². The summed E-state index contributed by atoms with van der Waals surface area (Å²) in [4.78, 5) is 40.4. The summed E-state index contributed by atoms with van der Waals surface area (Å²) in [5.41, 5.74) is 3.76. The standard InChI is InChI=1S/C33H38N2O8/c1-5-40-30(36)29-15-14-21(42-29)18-35(28-16-17-39-20-27(28)34-31(37)43-33(2,3)4)32(38)41-19-26-24-12-8-6-10-22(24)23-11-7-9-13-25(23)26/h6-15,26-28H,5,16-20H2,1-4H3,(H,34,37)/t27-,28+/m1/s1. The van der Waals surface area contributed by atoms with Gasteiger partial charge in [0.2, 0.25) is 5.76 Å². The Hall–Kier alpha value is -4.31. The highest BCUT2D eigenvalue weighted by Gasteiger charge is 2.38. The van der Waals surface area contributed by atoms with Crippen LogP contribution in [0.15, 0.2) is 65.1 Å². The molecule has 2 amide bonds. The van der Waals surface area contributed by atoms with Crippen LogP contribution in [0.5, 0.6) is 0 Å². The molecule has 1 N–H and O–H groups in total. The fourth-order valence-electron chi connectivity index (χ4n) is 5.63. The second kappa shape index (κ2) is 12.9. The molecule has 1 saturated heterocycles. The summed E-state index contributed by atoms with van der Waals surface area (Å²) in [5, 5.41) is 2.87. The number of nitrogens with zero attached hydrogens (tertiary/aromatic N) is 1. The van der Waals surface area contributed by atoms with Gasteiger partial charge in [0.15, 0.2) is 0 Å². The van der Waals surface area contributed by atoms with E-state index in [1.165, 1.54) is 11.0 Å². The molecule has 0 bridgehead atoms. The van der Waals surface area contributed by atoms with Gasteiger partial charge >= 0.3 is 18.2 Å². The molecule has 43 heavy (non-hydrogen) atoms. The molecule has 10 nitrogen and oxygen atoms in total. The van der Waals surface area contributed by atoms with Gasteiger partial charge in [-0.25, -0.2) is 14.4 Å². The molecule has 1 fully saturated rings. The maximum atomic E-state index is 13.9. The molecule has 5 rings (SSSR count). The Labute approximate surface area is 251 Å². The van der Waals surface area contributed by atoms with Crippen LogP contribution in [-0.2, 0) is 25.5 Å². The van der Waals surface area contributed by atoms with E-state index in [0.717, 1.165) is 22.3 Å². The largest absolute Gasteiger partial charge is 0.460 e. The molecule has 10 heteroatoms. The van der Waals surface area contributed by atoms with Crippen LogP contribution in [-0.4, -0.2) is 67.2 Å². The van der Waals surface area contributed by atoms with Crippen LogP contribution in [0.25, 0.3) is 11.1 Å². The number of hydrogen-bond donors (Lipinski definition) is 1. The number of amides is 2. The van der Waals surface area contributed by atoms with Crippen LogP contribution in [0.3, 0.4) is 0 Å². The number of carbonyl (C=O) groups is 3. The number of rotatable bonds is 8. The lowest BCUT2D eigenvalue weighted by Crippen LogP contribution is -2.58. The van der Waals surface area contributed by atoms with Crippen LogP contribution in [0, 0.1) is 0 Å². The minimum atomic E-state index is -0.695. The van der Waals surface area contributed by atoms with Crippen molar-refractivity contribution in [2.75, 3.05) is 26.4 Å². The van der Waals surface area contributed by atoms with E-state index in [2.05, 4.69) is 29.6 Å². The number of esters is 1. The summed E-state index contributed by atoms with van der Waals surface area (Å²) < 4.78 is 28.0. The third kappa shape index (κ3) is 7.02. The summed E-state index contributed by atoms with van der Waals surface area (Å²) in [5.74, 6) is -0.293. The highest BCUT2D eigenvalue weighted by atomic mass is 16.6. The van der Waals surface area contributed by atoms with Crippen molar-refractivity contribution in [2.24, 2.45) is 0 Å². The first-order chi connectivity index (χ1) is 20.6. The fraction of sp³-hybridized carbons (Fsp3) is 0.424. The number of benzene rings is 2. The maximum Gasteiger partial charge on any atom is 0.410 e. The number of nitrogens with one attached hydrogen (secondary N) is 1. The summed E-state index contributed by atoms with van der Waals surface area (Å²) in [7, 11) is 0. The number of ether oxygens (including phenoxy) is 4. The van der Waals surface area contributed by atoms with E-state index in [1.54, 1.807) is 33.8 Å². The van der Waals surface area contributed by atoms with Gasteiger partial charge in [-0.05, 0) is 68.5 Å². The highest BCUT2D eigenvalue weighted by molar-refractivity contribution is 5.86. The van der Waals surface area contributed by atoms with Crippen molar-refractivity contribution in [1.29, 1.82) is 0 Å². The van der Waals surface area contributed by atoms with Gasteiger partial charge in [-0.3, -0.25) is 4.90 Å². The summed E-state index contributed by atoms with van der Waals surface area (Å²) in [6.45, 7) is 7.97. The maximum absolute atomic E-state index is 13.9. The van der Waals surface area contributed by atoms with E-state index in [4.69, 9.17) is 23.4 Å². The number of alkyl carbamates (subject to hydrolysis) is 1. The molecular formula is C33H38N2O8. The Morgan fingerprint density at radius 2 is 1.63 bits per heavy atom. The van der Waals surface area contributed by atoms with Gasteiger partial charge in [0, 0.05) is 12.5 Å². The molecule has 1 aliphatic carbocycles. The molecule has 1 aliphatic heterocycles. The second-order valence-electron chi connectivity index (χ2n) is 11.6. The molecule has 0 spiro atoms. The van der Waals surface area contributed by atoms with E-state index in [9.17, 15) is 14.4 Å². The number of furan rings is 1. The minimum Gasteiger partial charge on any atom is -0.460 e. The minimum absolute atomic E-state index is 0.00719. The molecular weight excluding hydrogens is 552 g/mol. The normalized spacial score (nSPS) is 17.9. The van der Waals surface area contributed by atoms with Crippen molar-refractivity contribution in [3.63, 3.8) is 0 Å². The van der Waals surface area contributed by atoms with E-state index in [1.807, 2.05) is 24.3 Å². The Morgan fingerprint density at radius 3 is 2.28 bits per heavy atom. The van der Waals surface area contributed by atoms with Gasteiger partial charge in [-0.2, -0.15) is 0 Å². The molecule has 2 heterocycles. The van der Waals surface area contributed by atoms with Gasteiger partial charge in [0.1, 0.15) is 18.0 Å². The molecule has 2 aliphatic rings. The number of carbonyl (C=O) groups excluding carboxylic acids is 3. The SMILES string of the molecule is CCOC(=O)c1ccc(CN(C(=O)OCC2c3ccccc3-c3ccccc32)[C@H]2CCOC[C@H]2NC(=O)OC(C)(C)C)o1. The molecule has 0 radical (unpaired) electrons. The molecule has 2 atom stereocenters. The molecule has 0 unspecified atom stereocenters. The Morgan fingerprint density at radius 1 is 0.953 bits per heavy atom. The van der Waals surface area contributed by atoms with Crippen molar-refractivity contribution < 1.29 is 37.7 Å². The van der Waals surface area contributed by atoms with Gasteiger partial charge in [0.05, 0.1) is 31.8 Å². The summed E-state index contributed by atoms with van der Waals surface area (Å²) >= 11 is 0. The summed E-state index contributed by atoms with van der Waals surface area (Å²) in [6, 6.07) is 18.3. The van der Waals surface area contributed by atoms with E-state index in [-0.39, 0.29) is 38.0 Å². The first-order valence-electron chi connectivity index (χ1n) is 14.6. The third-order valence-electron chi connectivity index (χ3n) is 7.46. The highest BCUT2D eigenvalue weighted by Crippen LogP contribution is 2.44. The molecule has 3 aromatic rings. The molecule has 2 aromatic carbocycles. The van der Waals surface area contributed by atoms with Crippen LogP contribution in [0.4, 0.5) is 9.59 Å². The smallest absolute Gasteiger partial charge is 0.410 e. The van der Waals surface area contributed by atoms with E-state index < -0.39 is 35.8 Å². The summed E-state index contributed by atoms with van der Waals surface area (Å²) in [6.07, 6.45) is -0.738. The van der Waals surface area contributed by atoms with Crippen LogP contribution in [0.2, 0.25) is 0 Å². The van der Waals surface area contributed by atoms with Gasteiger partial charge in [0.25, 0.3) is 0 Å². The van der Waals surface area contributed by atoms with Crippen molar-refractivity contribution in [1.82, 2.24) is 10.2 Å². The van der Waals surface area contributed by atoms with Crippen LogP contribution >= 0.6 is 0 Å². The Bertz CT molecular complexity index is 1410. The number of hydrogen-bond acceptors (Lipinski definition) is 8. The Balaban J connectivity index is 1.38. The average molecular weight is 591 g/mol. The fourth-order valence-corrected chi connectivity index (χ4v) is 5.63. The van der Waals surface area contributed by atoms with Crippen molar-refractivity contribution in [2.45, 2.75) is 64.3 Å². The Kier molecular flexibility index (Phi) is 9.05. The second-order valence-corrected chi connectivity index (χ2v) is 11.6. The van der Waals surface area contributed by atoms with Crippen molar-refractivity contribution in [3.05, 3.63) is 83.3 Å². The van der Waals surface area contributed by atoms with Crippen molar-refractivity contribution >= 4 is 18.2 Å². The predicted molar refractivity (Wildman–Crippen MR) is 158 cm³/mol. The van der Waals surface area contributed by atoms with Crippen molar-refractivity contribution in [3.8, 4) is 11.1 Å². The quantitative estimate of drug-likeness (QED) is 0.255. The molecule has 1 aromatic heterocycles. The monoisotopic (exact) mass is 590 g/mol. The zero-order chi connectivity index (χ0) is 30.6. The first-order valence-corrected chi connectivity index (χ1v) is 14.6. The van der Waals surface area contributed by atoms with Crippen LogP contribution < -0.4 is 5.32 Å². The zero-order valence-corrected chi connectivity index (χ0v) is 25.0. The van der Waals surface area contributed by atoms with Crippen LogP contribution in [0.1, 0.15) is 67.5 Å². The predicted octanol–water partition coefficient (Wildman–Crippen LogP) is 5.89. The van der Waals surface area contributed by atoms with Gasteiger partial charge in [-0.1, -0.05) is 48.5 Å². The van der Waals surface area contributed by atoms with Gasteiger partial charge < -0.3 is 28.7 Å². The average Bonchev–Trinajstić information content (AvgIpc) is 3.57. The molecule has 0 saturated carbocycles. The lowest BCUT2D eigenvalue weighted by atomic mass is 9.98. The van der Waals surface area contributed by atoms with E-state index >= 15 is 0 Å². The number of fused-ring (bicyclic) bond motifs is 3. The molecule has 228 valence electrons. The zero-order valence-electron chi connectivity index (χ0n) is 25.0. The lowest BCUT2D eigenvalue weighted by molar-refractivity contribution is -0.00854.